The van der Waals surface area contributed by atoms with Crippen LogP contribution < -0.4 is 0 Å². The van der Waals surface area contributed by atoms with Gasteiger partial charge in [0, 0.05) is 0 Å². The molecule has 0 atom stereocenters. The Morgan fingerprint density at radius 3 is 2.60 bits per heavy atom. The van der Waals surface area contributed by atoms with Gasteiger partial charge in [0.1, 0.15) is 17.5 Å². The number of pyridine rings is 1. The quantitative estimate of drug-likeness (QED) is 0.739. The Morgan fingerprint density at radius 2 is 2.20 bits per heavy atom. The number of carbonyl (C=O) groups is 1. The SMILES string of the molecule is N#Cc1cc(F)c(C(F)F)nc1C(=O)Cl. The van der Waals surface area contributed by atoms with Crippen LogP contribution in [0.25, 0.3) is 0 Å². The van der Waals surface area contributed by atoms with Gasteiger partial charge in [-0.25, -0.2) is 18.2 Å². The number of nitrogens with zero attached hydrogens (tertiary/aromatic N) is 2. The average molecular weight is 235 g/mol. The Morgan fingerprint density at radius 1 is 1.60 bits per heavy atom. The molecule has 0 N–H and O–H groups in total. The van der Waals surface area contributed by atoms with Crippen molar-refractivity contribution < 1.29 is 18.0 Å². The van der Waals surface area contributed by atoms with Gasteiger partial charge < -0.3 is 0 Å². The van der Waals surface area contributed by atoms with Gasteiger partial charge in [-0.3, -0.25) is 4.79 Å². The first kappa shape index (κ1) is 11.5. The zero-order chi connectivity index (χ0) is 11.6. The summed E-state index contributed by atoms with van der Waals surface area (Å²) in [6.07, 6.45) is -3.17. The van der Waals surface area contributed by atoms with Crippen molar-refractivity contribution in [1.29, 1.82) is 5.26 Å². The van der Waals surface area contributed by atoms with Gasteiger partial charge in [0.25, 0.3) is 11.7 Å². The van der Waals surface area contributed by atoms with E-state index in [2.05, 4.69) is 4.98 Å². The number of aromatic nitrogens is 1. The standard InChI is InChI=1S/C8H2ClF3N2O/c9-7(15)5-3(2-13)1-4(10)6(14-5)8(11)12/h1,8H. The predicted octanol–water partition coefficient (Wildman–Crippen LogP) is 2.41. The van der Waals surface area contributed by atoms with E-state index in [0.717, 1.165) is 0 Å². The zero-order valence-electron chi connectivity index (χ0n) is 6.97. The molecule has 0 amide bonds. The molecule has 0 aliphatic rings. The van der Waals surface area contributed by atoms with Crippen molar-refractivity contribution in [3.8, 4) is 6.07 Å². The molecule has 0 fully saturated rings. The first-order valence-corrected chi connectivity index (χ1v) is 3.93. The van der Waals surface area contributed by atoms with Crippen molar-refractivity contribution in [1.82, 2.24) is 4.98 Å². The first-order chi connectivity index (χ1) is 6.97. The molecule has 0 unspecified atom stereocenters. The minimum atomic E-state index is -3.17. The second kappa shape index (κ2) is 4.28. The Kier molecular flexibility index (Phi) is 3.27. The molecule has 78 valence electrons. The van der Waals surface area contributed by atoms with E-state index >= 15 is 0 Å². The lowest BCUT2D eigenvalue weighted by Gasteiger charge is -2.03. The predicted molar refractivity (Wildman–Crippen MR) is 44.1 cm³/mol. The van der Waals surface area contributed by atoms with Crippen molar-refractivity contribution >= 4 is 16.8 Å². The smallest absolute Gasteiger partial charge is 0.274 e. The molecule has 1 aromatic rings. The molecular weight excluding hydrogens is 233 g/mol. The van der Waals surface area contributed by atoms with Crippen LogP contribution in [0.2, 0.25) is 0 Å². The maximum absolute atomic E-state index is 12.9. The zero-order valence-corrected chi connectivity index (χ0v) is 7.73. The average Bonchev–Trinajstić information content (AvgIpc) is 2.16. The van der Waals surface area contributed by atoms with Crippen LogP contribution in [0.3, 0.4) is 0 Å². The molecule has 15 heavy (non-hydrogen) atoms. The van der Waals surface area contributed by atoms with Crippen molar-refractivity contribution in [3.05, 3.63) is 28.8 Å². The molecule has 0 aromatic carbocycles. The number of halogens is 4. The van der Waals surface area contributed by atoms with E-state index in [1.165, 1.54) is 6.07 Å². The van der Waals surface area contributed by atoms with Crippen molar-refractivity contribution in [2.24, 2.45) is 0 Å². The van der Waals surface area contributed by atoms with Crippen LogP contribution in [0.5, 0.6) is 0 Å². The van der Waals surface area contributed by atoms with Crippen molar-refractivity contribution in [3.63, 3.8) is 0 Å². The summed E-state index contributed by atoms with van der Waals surface area (Å²) in [5.41, 5.74) is -2.34. The maximum Gasteiger partial charge on any atom is 0.283 e. The fourth-order valence-corrected chi connectivity index (χ4v) is 1.04. The lowest BCUT2D eigenvalue weighted by atomic mass is 10.2. The molecule has 0 saturated carbocycles. The number of hydrogen-bond acceptors (Lipinski definition) is 3. The van der Waals surface area contributed by atoms with Crippen LogP contribution in [0.1, 0.15) is 28.2 Å². The highest BCUT2D eigenvalue weighted by atomic mass is 35.5. The number of carbonyl (C=O) groups excluding carboxylic acids is 1. The number of nitriles is 1. The number of hydrogen-bond donors (Lipinski definition) is 0. The Bertz CT molecular complexity index is 456. The summed E-state index contributed by atoms with van der Waals surface area (Å²) in [6.45, 7) is 0. The van der Waals surface area contributed by atoms with E-state index in [9.17, 15) is 18.0 Å². The number of alkyl halides is 2. The highest BCUT2D eigenvalue weighted by molar-refractivity contribution is 6.67. The summed E-state index contributed by atoms with van der Waals surface area (Å²) in [4.78, 5) is 13.7. The molecule has 3 nitrogen and oxygen atoms in total. The van der Waals surface area contributed by atoms with Crippen molar-refractivity contribution in [2.45, 2.75) is 6.43 Å². The van der Waals surface area contributed by atoms with Crippen LogP contribution in [0.15, 0.2) is 6.07 Å². The molecule has 1 heterocycles. The van der Waals surface area contributed by atoms with E-state index in [-0.39, 0.29) is 0 Å². The summed E-state index contributed by atoms with van der Waals surface area (Å²) in [7, 11) is 0. The van der Waals surface area contributed by atoms with Crippen LogP contribution >= 0.6 is 11.6 Å². The number of rotatable bonds is 2. The van der Waals surface area contributed by atoms with Crippen molar-refractivity contribution in [2.75, 3.05) is 0 Å². The second-order valence-corrected chi connectivity index (χ2v) is 2.78. The molecule has 0 bridgehead atoms. The monoisotopic (exact) mass is 234 g/mol. The van der Waals surface area contributed by atoms with Gasteiger partial charge in [0.15, 0.2) is 5.82 Å². The largest absolute Gasteiger partial charge is 0.283 e. The van der Waals surface area contributed by atoms with Gasteiger partial charge >= 0.3 is 0 Å². The van der Waals surface area contributed by atoms with Gasteiger partial charge in [-0.15, -0.1) is 0 Å². The molecule has 0 radical (unpaired) electrons. The third-order valence-electron chi connectivity index (χ3n) is 1.52. The van der Waals surface area contributed by atoms with E-state index in [4.69, 9.17) is 16.9 Å². The summed E-state index contributed by atoms with van der Waals surface area (Å²) < 4.78 is 37.2. The van der Waals surface area contributed by atoms with Gasteiger partial charge in [-0.05, 0) is 17.7 Å². The topological polar surface area (TPSA) is 53.8 Å². The minimum Gasteiger partial charge on any atom is -0.274 e. The summed E-state index contributed by atoms with van der Waals surface area (Å²) >= 11 is 5.00. The molecule has 0 aliphatic heterocycles. The molecular formula is C8H2ClF3N2O. The molecule has 0 spiro atoms. The highest BCUT2D eigenvalue weighted by Gasteiger charge is 2.21. The molecule has 1 rings (SSSR count). The van der Waals surface area contributed by atoms with Gasteiger partial charge in [0.2, 0.25) is 0 Å². The minimum absolute atomic E-state index is 0.475. The fraction of sp³-hybridized carbons (Fsp3) is 0.125. The van der Waals surface area contributed by atoms with Gasteiger partial charge in [0.05, 0.1) is 5.56 Å². The summed E-state index contributed by atoms with van der Waals surface area (Å²) in [5.74, 6) is -1.34. The lowest BCUT2D eigenvalue weighted by molar-refractivity contribution is 0.107. The summed E-state index contributed by atoms with van der Waals surface area (Å²) in [6, 6.07) is 1.94. The highest BCUT2D eigenvalue weighted by Crippen LogP contribution is 2.22. The summed E-state index contributed by atoms with van der Waals surface area (Å²) in [5, 5.41) is 7.28. The van der Waals surface area contributed by atoms with Crippen LogP contribution in [-0.2, 0) is 0 Å². The molecule has 7 heteroatoms. The van der Waals surface area contributed by atoms with Crippen LogP contribution in [0.4, 0.5) is 13.2 Å². The first-order valence-electron chi connectivity index (χ1n) is 3.56. The fourth-order valence-electron chi connectivity index (χ4n) is 0.891. The van der Waals surface area contributed by atoms with Crippen LogP contribution in [0, 0.1) is 17.1 Å². The van der Waals surface area contributed by atoms with E-state index in [0.29, 0.717) is 6.07 Å². The third kappa shape index (κ3) is 2.25. The van der Waals surface area contributed by atoms with E-state index < -0.39 is 34.4 Å². The molecule has 0 aliphatic carbocycles. The maximum atomic E-state index is 12.9. The van der Waals surface area contributed by atoms with Crippen LogP contribution in [-0.4, -0.2) is 10.2 Å². The Labute approximate surface area is 87.1 Å². The molecule has 1 aromatic heterocycles. The van der Waals surface area contributed by atoms with Gasteiger partial charge in [-0.1, -0.05) is 0 Å². The Balaban J connectivity index is 3.45. The second-order valence-electron chi connectivity index (χ2n) is 2.44. The van der Waals surface area contributed by atoms with E-state index in [1.807, 2.05) is 0 Å². The third-order valence-corrected chi connectivity index (χ3v) is 1.70. The molecule has 0 saturated heterocycles. The normalized spacial score (nSPS) is 10.1. The van der Waals surface area contributed by atoms with Gasteiger partial charge in [-0.2, -0.15) is 5.26 Å². The van der Waals surface area contributed by atoms with E-state index in [1.54, 1.807) is 0 Å². The lowest BCUT2D eigenvalue weighted by Crippen LogP contribution is -2.05. The Hall–Kier alpha value is -1.61.